The molecule has 0 saturated carbocycles. The minimum absolute atomic E-state index is 0. The second-order valence-electron chi connectivity index (χ2n) is 8.55. The molecule has 0 aliphatic carbocycles. The molecule has 2 aromatic heterocycles. The lowest BCUT2D eigenvalue weighted by molar-refractivity contribution is 0.247. The number of anilines is 1. The zero-order chi connectivity index (χ0) is 23.7. The van der Waals surface area contributed by atoms with E-state index in [4.69, 9.17) is 26.2 Å². The Morgan fingerprint density at radius 2 is 1.72 bits per heavy atom. The topological polar surface area (TPSA) is 71.4 Å². The molecule has 2 aromatic carbocycles. The molecule has 0 amide bonds. The SMILES string of the molecule is COc1cc2c(CN3CCN(c4cccc(Cl)c4C)CC3)nn(Cc3cnc[nH]3)c2cc1OC.Cl.Cl. The van der Waals surface area contributed by atoms with E-state index in [9.17, 15) is 0 Å². The monoisotopic (exact) mass is 552 g/mol. The van der Waals surface area contributed by atoms with Crippen molar-refractivity contribution >= 4 is 53.0 Å². The van der Waals surface area contributed by atoms with Gasteiger partial charge in [0, 0.05) is 61.1 Å². The zero-order valence-electron chi connectivity index (χ0n) is 20.5. The molecular formula is C25H31Cl3N6O2. The molecule has 0 unspecified atom stereocenters. The van der Waals surface area contributed by atoms with Crippen molar-refractivity contribution < 1.29 is 9.47 Å². The van der Waals surface area contributed by atoms with Crippen LogP contribution in [-0.2, 0) is 13.1 Å². The number of H-pyrrole nitrogens is 1. The summed E-state index contributed by atoms with van der Waals surface area (Å²) in [4.78, 5) is 12.2. The van der Waals surface area contributed by atoms with Crippen LogP contribution < -0.4 is 14.4 Å². The van der Waals surface area contributed by atoms with E-state index in [0.717, 1.165) is 65.6 Å². The predicted octanol–water partition coefficient (Wildman–Crippen LogP) is 4.95. The molecule has 8 nitrogen and oxygen atoms in total. The van der Waals surface area contributed by atoms with Crippen LogP contribution in [0.4, 0.5) is 5.69 Å². The van der Waals surface area contributed by atoms with Gasteiger partial charge in [-0.1, -0.05) is 17.7 Å². The predicted molar refractivity (Wildman–Crippen MR) is 149 cm³/mol. The van der Waals surface area contributed by atoms with Gasteiger partial charge in [-0.25, -0.2) is 4.98 Å². The Labute approximate surface area is 228 Å². The van der Waals surface area contributed by atoms with Gasteiger partial charge in [0.2, 0.25) is 0 Å². The minimum Gasteiger partial charge on any atom is -0.493 e. The molecule has 0 bridgehead atoms. The summed E-state index contributed by atoms with van der Waals surface area (Å²) in [6.07, 6.45) is 3.51. The molecule has 11 heteroatoms. The van der Waals surface area contributed by atoms with Crippen LogP contribution in [0.3, 0.4) is 0 Å². The largest absolute Gasteiger partial charge is 0.493 e. The second kappa shape index (κ2) is 12.1. The lowest BCUT2D eigenvalue weighted by Crippen LogP contribution is -2.46. The molecule has 1 aliphatic heterocycles. The van der Waals surface area contributed by atoms with Crippen LogP contribution in [-0.4, -0.2) is 65.0 Å². The molecule has 36 heavy (non-hydrogen) atoms. The van der Waals surface area contributed by atoms with Crippen molar-refractivity contribution in [3.05, 3.63) is 64.8 Å². The van der Waals surface area contributed by atoms with E-state index in [1.165, 1.54) is 5.69 Å². The number of hydrogen-bond acceptors (Lipinski definition) is 6. The number of rotatable bonds is 7. The Morgan fingerprint density at radius 3 is 2.39 bits per heavy atom. The molecule has 0 radical (unpaired) electrons. The molecule has 1 saturated heterocycles. The Hall–Kier alpha value is -2.65. The number of piperazine rings is 1. The first-order valence-corrected chi connectivity index (χ1v) is 11.8. The summed E-state index contributed by atoms with van der Waals surface area (Å²) in [6.45, 7) is 7.26. The standard InChI is InChI=1S/C25H29ClN6O2.2ClH/c1-17-20(26)5-4-6-22(17)31-9-7-30(8-10-31)15-21-19-11-24(33-2)25(34-3)12-23(19)32(29-21)14-18-13-27-16-28-18;;/h4-6,11-13,16H,7-10,14-15H2,1-3H3,(H,27,28);2*1H. The summed E-state index contributed by atoms with van der Waals surface area (Å²) in [6, 6.07) is 10.2. The highest BCUT2D eigenvalue weighted by atomic mass is 35.5. The second-order valence-corrected chi connectivity index (χ2v) is 8.96. The molecule has 194 valence electrons. The minimum atomic E-state index is 0. The van der Waals surface area contributed by atoms with Crippen molar-refractivity contribution in [1.82, 2.24) is 24.6 Å². The quantitative estimate of drug-likeness (QED) is 0.349. The molecule has 0 spiro atoms. The molecule has 1 fully saturated rings. The van der Waals surface area contributed by atoms with Crippen molar-refractivity contribution in [2.24, 2.45) is 0 Å². The first-order chi connectivity index (χ1) is 16.6. The molecule has 5 rings (SSSR count). The van der Waals surface area contributed by atoms with Gasteiger partial charge in [-0.3, -0.25) is 9.58 Å². The van der Waals surface area contributed by atoms with Gasteiger partial charge >= 0.3 is 0 Å². The maximum atomic E-state index is 6.35. The lowest BCUT2D eigenvalue weighted by Gasteiger charge is -2.36. The maximum Gasteiger partial charge on any atom is 0.162 e. The summed E-state index contributed by atoms with van der Waals surface area (Å²) >= 11 is 6.35. The summed E-state index contributed by atoms with van der Waals surface area (Å²) in [5.41, 5.74) is 5.40. The number of imidazole rings is 1. The third-order valence-corrected chi connectivity index (χ3v) is 6.94. The van der Waals surface area contributed by atoms with Gasteiger partial charge in [0.05, 0.1) is 44.0 Å². The number of methoxy groups -OCH3 is 2. The van der Waals surface area contributed by atoms with E-state index in [-0.39, 0.29) is 24.8 Å². The van der Waals surface area contributed by atoms with Crippen molar-refractivity contribution in [2.75, 3.05) is 45.3 Å². The van der Waals surface area contributed by atoms with Crippen LogP contribution in [0, 0.1) is 6.92 Å². The van der Waals surface area contributed by atoms with Crippen LogP contribution in [0.5, 0.6) is 11.5 Å². The van der Waals surface area contributed by atoms with E-state index < -0.39 is 0 Å². The third-order valence-electron chi connectivity index (χ3n) is 6.53. The molecule has 4 aromatic rings. The fourth-order valence-corrected chi connectivity index (χ4v) is 4.80. The van der Waals surface area contributed by atoms with Crippen LogP contribution >= 0.6 is 36.4 Å². The number of ether oxygens (including phenoxy) is 2. The lowest BCUT2D eigenvalue weighted by atomic mass is 10.1. The van der Waals surface area contributed by atoms with Crippen molar-refractivity contribution in [3.63, 3.8) is 0 Å². The number of halogens is 3. The molecule has 1 aliphatic rings. The summed E-state index contributed by atoms with van der Waals surface area (Å²) in [7, 11) is 3.32. The maximum absolute atomic E-state index is 6.35. The summed E-state index contributed by atoms with van der Waals surface area (Å²) in [5, 5.41) is 6.89. The number of nitrogens with one attached hydrogen (secondary N) is 1. The van der Waals surface area contributed by atoms with Crippen LogP contribution in [0.1, 0.15) is 17.0 Å². The van der Waals surface area contributed by atoms with E-state index in [0.29, 0.717) is 18.0 Å². The number of aromatic amines is 1. The highest BCUT2D eigenvalue weighted by molar-refractivity contribution is 6.31. The van der Waals surface area contributed by atoms with E-state index in [1.807, 2.05) is 35.1 Å². The molecule has 0 atom stereocenters. The number of benzene rings is 2. The number of nitrogens with zero attached hydrogens (tertiary/aromatic N) is 5. The van der Waals surface area contributed by atoms with Gasteiger partial charge in [0.1, 0.15) is 0 Å². The van der Waals surface area contributed by atoms with Gasteiger partial charge < -0.3 is 19.4 Å². The van der Waals surface area contributed by atoms with Gasteiger partial charge in [0.25, 0.3) is 0 Å². The first kappa shape index (κ1) is 27.9. The van der Waals surface area contributed by atoms with Gasteiger partial charge in [-0.2, -0.15) is 5.10 Å². The Kier molecular flexibility index (Phi) is 9.35. The van der Waals surface area contributed by atoms with E-state index in [1.54, 1.807) is 20.5 Å². The first-order valence-electron chi connectivity index (χ1n) is 11.4. The molecule has 3 heterocycles. The van der Waals surface area contributed by atoms with Crippen molar-refractivity contribution in [2.45, 2.75) is 20.0 Å². The third kappa shape index (κ3) is 5.52. The normalized spacial score (nSPS) is 13.8. The Balaban J connectivity index is 0.00000180. The molecule has 1 N–H and O–H groups in total. The highest BCUT2D eigenvalue weighted by Gasteiger charge is 2.22. The van der Waals surface area contributed by atoms with E-state index >= 15 is 0 Å². The number of aromatic nitrogens is 4. The van der Waals surface area contributed by atoms with Gasteiger partial charge in [-0.05, 0) is 30.7 Å². The smallest absolute Gasteiger partial charge is 0.162 e. The zero-order valence-corrected chi connectivity index (χ0v) is 22.9. The van der Waals surface area contributed by atoms with Crippen molar-refractivity contribution in [1.29, 1.82) is 0 Å². The van der Waals surface area contributed by atoms with E-state index in [2.05, 4.69) is 32.8 Å². The average Bonchev–Trinajstić information content (AvgIpc) is 3.49. The summed E-state index contributed by atoms with van der Waals surface area (Å²) < 4.78 is 13.1. The highest BCUT2D eigenvalue weighted by Crippen LogP contribution is 2.34. The fraction of sp³-hybridized carbons (Fsp3) is 0.360. The average molecular weight is 554 g/mol. The van der Waals surface area contributed by atoms with Gasteiger partial charge in [0.15, 0.2) is 11.5 Å². The van der Waals surface area contributed by atoms with Crippen LogP contribution in [0.2, 0.25) is 5.02 Å². The number of hydrogen-bond donors (Lipinski definition) is 1. The van der Waals surface area contributed by atoms with Crippen LogP contribution in [0.15, 0.2) is 42.9 Å². The van der Waals surface area contributed by atoms with Gasteiger partial charge in [-0.15, -0.1) is 24.8 Å². The number of fused-ring (bicyclic) bond motifs is 1. The Bertz CT molecular complexity index is 1290. The Morgan fingerprint density at radius 1 is 1.00 bits per heavy atom. The van der Waals surface area contributed by atoms with Crippen molar-refractivity contribution in [3.8, 4) is 11.5 Å². The van der Waals surface area contributed by atoms with Crippen LogP contribution in [0.25, 0.3) is 10.9 Å². The fourth-order valence-electron chi connectivity index (χ4n) is 4.63. The summed E-state index contributed by atoms with van der Waals surface area (Å²) in [5.74, 6) is 1.40. The molecular weight excluding hydrogens is 523 g/mol.